The third-order valence-corrected chi connectivity index (χ3v) is 8.18. The highest BCUT2D eigenvalue weighted by atomic mass is 35.5. The molecule has 0 aliphatic heterocycles. The number of halogens is 1. The molecule has 1 saturated carbocycles. The van der Waals surface area contributed by atoms with Gasteiger partial charge in [0.05, 0.1) is 0 Å². The first-order chi connectivity index (χ1) is 18.5. The number of ether oxygens (including phenoxy) is 4. The van der Waals surface area contributed by atoms with Crippen molar-refractivity contribution in [2.24, 2.45) is 0 Å². The molecule has 4 rings (SSSR count). The van der Waals surface area contributed by atoms with Gasteiger partial charge in [-0.15, -0.1) is 0 Å². The highest BCUT2D eigenvalue weighted by Gasteiger charge is 2.50. The van der Waals surface area contributed by atoms with Crippen molar-refractivity contribution in [1.29, 1.82) is 0 Å². The summed E-state index contributed by atoms with van der Waals surface area (Å²) in [7, 11) is 0. The van der Waals surface area contributed by atoms with Gasteiger partial charge in [-0.1, -0.05) is 45.5 Å². The first-order valence-electron chi connectivity index (χ1n) is 13.8. The van der Waals surface area contributed by atoms with Crippen LogP contribution in [0.1, 0.15) is 83.8 Å². The Morgan fingerprint density at radius 1 is 0.974 bits per heavy atom. The maximum atomic E-state index is 12.2. The van der Waals surface area contributed by atoms with Crippen molar-refractivity contribution < 1.29 is 28.5 Å². The largest absolute Gasteiger partial charge is 0.489 e. The maximum Gasteiger partial charge on any atom is 0.333 e. The van der Waals surface area contributed by atoms with Crippen molar-refractivity contribution in [3.05, 3.63) is 58.7 Å². The summed E-state index contributed by atoms with van der Waals surface area (Å²) in [6, 6.07) is 5.73. The van der Waals surface area contributed by atoms with Gasteiger partial charge in [-0.25, -0.2) is 9.59 Å². The van der Waals surface area contributed by atoms with E-state index in [4.69, 9.17) is 30.5 Å². The zero-order valence-electron chi connectivity index (χ0n) is 23.7. The predicted molar refractivity (Wildman–Crippen MR) is 154 cm³/mol. The second-order valence-electron chi connectivity index (χ2n) is 11.2. The molecule has 2 aromatic rings. The fourth-order valence-corrected chi connectivity index (χ4v) is 5.93. The number of hydrogen-bond donors (Lipinski definition) is 0. The smallest absolute Gasteiger partial charge is 0.333 e. The first kappa shape index (κ1) is 29.0. The van der Waals surface area contributed by atoms with E-state index in [0.717, 1.165) is 52.7 Å². The van der Waals surface area contributed by atoms with Gasteiger partial charge >= 0.3 is 11.9 Å². The summed E-state index contributed by atoms with van der Waals surface area (Å²) in [6.07, 6.45) is 3.58. The van der Waals surface area contributed by atoms with Gasteiger partial charge < -0.3 is 18.9 Å². The molecule has 2 aliphatic rings. The fourth-order valence-electron chi connectivity index (χ4n) is 5.75. The number of carbonyl (C=O) groups is 2. The summed E-state index contributed by atoms with van der Waals surface area (Å²) in [5.41, 5.74) is 2.99. The summed E-state index contributed by atoms with van der Waals surface area (Å²) < 4.78 is 24.3. The molecular weight excluding hydrogens is 516 g/mol. The number of esters is 2. The van der Waals surface area contributed by atoms with Crippen LogP contribution in [0, 0.1) is 0 Å². The summed E-state index contributed by atoms with van der Waals surface area (Å²) in [5.74, 6) is 1.09. The minimum Gasteiger partial charge on any atom is -0.489 e. The minimum atomic E-state index is -0.420. The Bertz CT molecular complexity index is 1310. The van der Waals surface area contributed by atoms with E-state index < -0.39 is 24.1 Å². The van der Waals surface area contributed by atoms with Gasteiger partial charge in [-0.3, -0.25) is 0 Å². The van der Waals surface area contributed by atoms with Crippen LogP contribution in [0.3, 0.4) is 0 Å². The van der Waals surface area contributed by atoms with Crippen molar-refractivity contribution in [3.8, 4) is 11.5 Å². The molecule has 2 aromatic carbocycles. The molecule has 0 aromatic heterocycles. The summed E-state index contributed by atoms with van der Waals surface area (Å²) in [4.78, 5) is 24.3. The SMILES string of the molecule is C=C(C)C(=O)OC(CC)COc1c2c(c(OCC(CC)OC(=O)C(=C)C)c3ccc(Cl)cc13)C1(C)CCC2C1. The zero-order valence-corrected chi connectivity index (χ0v) is 24.4. The van der Waals surface area contributed by atoms with Crippen molar-refractivity contribution in [3.63, 3.8) is 0 Å². The zero-order chi connectivity index (χ0) is 28.5. The molecule has 6 nitrogen and oxygen atoms in total. The van der Waals surface area contributed by atoms with Gasteiger partial charge in [0.15, 0.2) is 0 Å². The topological polar surface area (TPSA) is 71.1 Å². The lowest BCUT2D eigenvalue weighted by atomic mass is 9.78. The Morgan fingerprint density at radius 3 is 2.08 bits per heavy atom. The van der Waals surface area contributed by atoms with Crippen molar-refractivity contribution >= 4 is 34.3 Å². The van der Waals surface area contributed by atoms with Gasteiger partial charge in [0.2, 0.25) is 0 Å². The molecule has 4 unspecified atom stereocenters. The van der Waals surface area contributed by atoms with Crippen molar-refractivity contribution in [2.45, 2.75) is 90.3 Å². The van der Waals surface area contributed by atoms with E-state index in [9.17, 15) is 9.59 Å². The molecule has 0 spiro atoms. The van der Waals surface area contributed by atoms with E-state index >= 15 is 0 Å². The molecule has 0 saturated heterocycles. The van der Waals surface area contributed by atoms with E-state index in [1.807, 2.05) is 32.0 Å². The lowest BCUT2D eigenvalue weighted by Gasteiger charge is -2.31. The van der Waals surface area contributed by atoms with Crippen LogP contribution in [0.15, 0.2) is 42.5 Å². The second kappa shape index (κ2) is 11.6. The normalized spacial score (nSPS) is 20.7. The van der Waals surface area contributed by atoms with Crippen LogP contribution in [0.4, 0.5) is 0 Å². The van der Waals surface area contributed by atoms with Gasteiger partial charge in [0.25, 0.3) is 0 Å². The Balaban J connectivity index is 1.75. The maximum absolute atomic E-state index is 12.2. The molecule has 0 heterocycles. The van der Waals surface area contributed by atoms with Crippen LogP contribution in [0.5, 0.6) is 11.5 Å². The van der Waals surface area contributed by atoms with Gasteiger partial charge in [0.1, 0.15) is 36.9 Å². The fraction of sp³-hybridized carbons (Fsp3) is 0.500. The number of benzene rings is 2. The third kappa shape index (κ3) is 5.81. The average molecular weight is 555 g/mol. The monoisotopic (exact) mass is 554 g/mol. The van der Waals surface area contributed by atoms with E-state index in [-0.39, 0.29) is 18.6 Å². The molecule has 1 fully saturated rings. The van der Waals surface area contributed by atoms with Crippen LogP contribution in [-0.2, 0) is 24.5 Å². The Morgan fingerprint density at radius 2 is 1.54 bits per heavy atom. The van der Waals surface area contributed by atoms with Gasteiger partial charge in [-0.2, -0.15) is 0 Å². The second-order valence-corrected chi connectivity index (χ2v) is 11.6. The summed E-state index contributed by atoms with van der Waals surface area (Å²) in [5, 5.41) is 2.35. The first-order valence-corrected chi connectivity index (χ1v) is 14.1. The molecule has 210 valence electrons. The van der Waals surface area contributed by atoms with Gasteiger partial charge in [-0.05, 0) is 75.5 Å². The summed E-state index contributed by atoms with van der Waals surface area (Å²) >= 11 is 6.49. The molecule has 7 heteroatoms. The quantitative estimate of drug-likeness (QED) is 0.199. The number of carbonyl (C=O) groups excluding carboxylic acids is 2. The van der Waals surface area contributed by atoms with E-state index in [1.165, 1.54) is 0 Å². The highest BCUT2D eigenvalue weighted by Crippen LogP contribution is 2.64. The van der Waals surface area contributed by atoms with Gasteiger partial charge in [0, 0.05) is 38.1 Å². The summed E-state index contributed by atoms with van der Waals surface area (Å²) in [6.45, 7) is 17.3. The minimum absolute atomic E-state index is 0.0477. The molecule has 0 N–H and O–H groups in total. The lowest BCUT2D eigenvalue weighted by molar-refractivity contribution is -0.146. The lowest BCUT2D eigenvalue weighted by Crippen LogP contribution is -2.27. The predicted octanol–water partition coefficient (Wildman–Crippen LogP) is 7.59. The van der Waals surface area contributed by atoms with Crippen LogP contribution in [0.2, 0.25) is 5.02 Å². The van der Waals surface area contributed by atoms with Crippen LogP contribution < -0.4 is 9.47 Å². The number of fused-ring (bicyclic) bond motifs is 6. The van der Waals surface area contributed by atoms with Crippen molar-refractivity contribution in [1.82, 2.24) is 0 Å². The average Bonchev–Trinajstić information content (AvgIpc) is 3.42. The molecule has 4 atom stereocenters. The van der Waals surface area contributed by atoms with E-state index in [2.05, 4.69) is 20.1 Å². The Hall–Kier alpha value is -2.99. The molecule has 2 aliphatic carbocycles. The molecular formula is C32H39ClO6. The molecule has 0 amide bonds. The number of hydrogen-bond acceptors (Lipinski definition) is 6. The molecule has 2 bridgehead atoms. The third-order valence-electron chi connectivity index (χ3n) is 7.95. The van der Waals surface area contributed by atoms with E-state index in [0.29, 0.717) is 34.9 Å². The molecule has 39 heavy (non-hydrogen) atoms. The molecule has 0 radical (unpaired) electrons. The van der Waals surface area contributed by atoms with E-state index in [1.54, 1.807) is 13.8 Å². The van der Waals surface area contributed by atoms with Crippen LogP contribution >= 0.6 is 11.6 Å². The van der Waals surface area contributed by atoms with Crippen LogP contribution in [-0.4, -0.2) is 37.4 Å². The highest BCUT2D eigenvalue weighted by molar-refractivity contribution is 6.31. The Kier molecular flexibility index (Phi) is 8.65. The number of rotatable bonds is 12. The standard InChI is InChI=1S/C32H39ClO6/c1-8-22(38-30(34)18(3)4)16-36-28-25-14-21(33)10-11-24(25)29(27-26(28)20-12-13-32(27,7)15-20)37-17-23(9-2)39-31(35)19(5)6/h10-11,14,20,22-23H,3,5,8-9,12-13,15-17H2,1-2,4,6-7H3. The van der Waals surface area contributed by atoms with Crippen LogP contribution in [0.25, 0.3) is 10.8 Å². The van der Waals surface area contributed by atoms with Crippen molar-refractivity contribution in [2.75, 3.05) is 13.2 Å². The Labute approximate surface area is 236 Å².